The van der Waals surface area contributed by atoms with Gasteiger partial charge in [0.05, 0.1) is 11.1 Å². The third-order valence-electron chi connectivity index (χ3n) is 12.6. The zero-order valence-corrected chi connectivity index (χ0v) is 33.3. The third-order valence-corrected chi connectivity index (χ3v) is 12.6. The number of benzene rings is 9. The molecule has 0 radical (unpaired) electrons. The molecule has 0 bridgehead atoms. The Kier molecular flexibility index (Phi) is 8.28. The largest absolute Gasteiger partial charge is 0.310 e. The van der Waals surface area contributed by atoms with Gasteiger partial charge in [-0.1, -0.05) is 163 Å². The maximum absolute atomic E-state index is 16.4. The van der Waals surface area contributed by atoms with Crippen molar-refractivity contribution in [3.63, 3.8) is 0 Å². The van der Waals surface area contributed by atoms with E-state index in [-0.39, 0.29) is 0 Å². The number of nitrogens with zero attached hydrogens (tertiary/aromatic N) is 1. The molecule has 1 spiro atoms. The Morgan fingerprint density at radius 3 is 1.57 bits per heavy atom. The van der Waals surface area contributed by atoms with Crippen molar-refractivity contribution in [2.75, 3.05) is 4.90 Å². The van der Waals surface area contributed by atoms with Gasteiger partial charge in [0.1, 0.15) is 11.6 Å². The molecule has 9 aromatic rings. The molecule has 1 atom stereocenters. The van der Waals surface area contributed by atoms with Crippen molar-refractivity contribution in [3.05, 3.63) is 245 Å². The number of fused-ring (bicyclic) bond motifs is 10. The third kappa shape index (κ3) is 5.36. The quantitative estimate of drug-likeness (QED) is 0.163. The van der Waals surface area contributed by atoms with Gasteiger partial charge >= 0.3 is 0 Å². The molecule has 3 heteroatoms. The molecular formula is C57H39F2N. The first-order chi connectivity index (χ1) is 29.4. The van der Waals surface area contributed by atoms with Crippen LogP contribution in [0.4, 0.5) is 25.8 Å². The van der Waals surface area contributed by atoms with E-state index < -0.39 is 17.0 Å². The van der Waals surface area contributed by atoms with Gasteiger partial charge in [-0.05, 0) is 123 Å². The second kappa shape index (κ2) is 13.9. The van der Waals surface area contributed by atoms with E-state index in [1.165, 1.54) is 0 Å². The van der Waals surface area contributed by atoms with Crippen LogP contribution < -0.4 is 4.90 Å². The number of rotatable bonds is 6. The minimum absolute atomic E-state index is 0.465. The van der Waals surface area contributed by atoms with Crippen LogP contribution in [0.2, 0.25) is 0 Å². The highest BCUT2D eigenvalue weighted by Gasteiger charge is 2.54. The SMILES string of the molecule is Cc1cc(C)c2c(c1)C1(c3ccccc3-c3c(F)cc(F)cc31)c1c(-c3ccccc3N(c3ccc(-c4ccccc4)cc3)c3ccc(-c4ccccc4)cc3)cccc1-2. The van der Waals surface area contributed by atoms with E-state index in [4.69, 9.17) is 0 Å². The van der Waals surface area contributed by atoms with Gasteiger partial charge in [0.15, 0.2) is 0 Å². The van der Waals surface area contributed by atoms with Gasteiger partial charge in [0.25, 0.3) is 0 Å². The van der Waals surface area contributed by atoms with Crippen molar-refractivity contribution in [3.8, 4) is 55.6 Å². The molecule has 1 nitrogen and oxygen atoms in total. The van der Waals surface area contributed by atoms with Crippen molar-refractivity contribution in [2.45, 2.75) is 19.3 Å². The number of anilines is 3. The molecule has 2 aliphatic carbocycles. The maximum Gasteiger partial charge on any atom is 0.134 e. The Balaban J connectivity index is 1.18. The molecule has 0 N–H and O–H groups in total. The summed E-state index contributed by atoms with van der Waals surface area (Å²) < 4.78 is 32.2. The molecule has 2 aliphatic rings. The smallest absolute Gasteiger partial charge is 0.134 e. The number of para-hydroxylation sites is 1. The molecule has 60 heavy (non-hydrogen) atoms. The lowest BCUT2D eigenvalue weighted by molar-refractivity contribution is 0.580. The number of hydrogen-bond donors (Lipinski definition) is 0. The Morgan fingerprint density at radius 1 is 0.400 bits per heavy atom. The average Bonchev–Trinajstić information content (AvgIpc) is 3.75. The molecule has 0 fully saturated rings. The van der Waals surface area contributed by atoms with Crippen LogP contribution in [0.25, 0.3) is 55.6 Å². The Bertz CT molecular complexity index is 3020. The van der Waals surface area contributed by atoms with E-state index in [1.807, 2.05) is 30.3 Å². The summed E-state index contributed by atoms with van der Waals surface area (Å²) in [6.07, 6.45) is 0. The first kappa shape index (κ1) is 35.8. The van der Waals surface area contributed by atoms with Crippen molar-refractivity contribution < 1.29 is 8.78 Å². The standard InChI is InChI=1S/C57H39F2N/c1-36-32-37(2)54-48-21-13-20-46(56(48)57(50(54)33-36)49-22-11-9-19-47(49)55-51(57)34-42(58)35-52(55)59)45-18-10-12-23-53(45)60(43-28-24-40(25-29-43)38-14-5-3-6-15-38)44-30-26-41(27-31-44)39-16-7-4-8-17-39/h3-35H,1-2H3. The molecule has 0 amide bonds. The van der Waals surface area contributed by atoms with Crippen LogP contribution in [-0.4, -0.2) is 0 Å². The number of aryl methyl sites for hydroxylation is 2. The highest BCUT2D eigenvalue weighted by atomic mass is 19.1. The molecule has 0 saturated heterocycles. The Hall–Kier alpha value is -7.36. The summed E-state index contributed by atoms with van der Waals surface area (Å²) in [5.41, 5.74) is 18.0. The molecule has 0 heterocycles. The number of hydrogen-bond acceptors (Lipinski definition) is 1. The van der Waals surface area contributed by atoms with E-state index in [0.29, 0.717) is 11.1 Å². The molecule has 286 valence electrons. The molecule has 9 aromatic carbocycles. The van der Waals surface area contributed by atoms with Crippen LogP contribution in [0.5, 0.6) is 0 Å². The zero-order chi connectivity index (χ0) is 40.5. The summed E-state index contributed by atoms with van der Waals surface area (Å²) in [6.45, 7) is 4.27. The highest BCUT2D eigenvalue weighted by molar-refractivity contribution is 6.02. The van der Waals surface area contributed by atoms with Gasteiger partial charge in [-0.3, -0.25) is 0 Å². The summed E-state index contributed by atoms with van der Waals surface area (Å²) >= 11 is 0. The fraction of sp³-hybridized carbons (Fsp3) is 0.0526. The van der Waals surface area contributed by atoms with Crippen molar-refractivity contribution in [2.24, 2.45) is 0 Å². The van der Waals surface area contributed by atoms with E-state index >= 15 is 8.78 Å². The topological polar surface area (TPSA) is 3.24 Å². The first-order valence-corrected chi connectivity index (χ1v) is 20.5. The summed E-state index contributed by atoms with van der Waals surface area (Å²) in [7, 11) is 0. The summed E-state index contributed by atoms with van der Waals surface area (Å²) in [4.78, 5) is 2.33. The van der Waals surface area contributed by atoms with Crippen LogP contribution in [0.15, 0.2) is 200 Å². The van der Waals surface area contributed by atoms with Crippen molar-refractivity contribution in [1.82, 2.24) is 0 Å². The average molecular weight is 776 g/mol. The maximum atomic E-state index is 16.4. The Labute approximate surface area is 349 Å². The predicted molar refractivity (Wildman–Crippen MR) is 243 cm³/mol. The van der Waals surface area contributed by atoms with Gasteiger partial charge in [0.2, 0.25) is 0 Å². The minimum Gasteiger partial charge on any atom is -0.310 e. The van der Waals surface area contributed by atoms with Crippen LogP contribution in [0.3, 0.4) is 0 Å². The lowest BCUT2D eigenvalue weighted by Crippen LogP contribution is -2.27. The summed E-state index contributed by atoms with van der Waals surface area (Å²) in [5.74, 6) is -1.13. The van der Waals surface area contributed by atoms with Crippen LogP contribution in [0.1, 0.15) is 33.4 Å². The van der Waals surface area contributed by atoms with E-state index in [2.05, 4.69) is 176 Å². The summed E-state index contributed by atoms with van der Waals surface area (Å²) in [6, 6.07) is 68.6. The molecule has 11 rings (SSSR count). The monoisotopic (exact) mass is 775 g/mol. The van der Waals surface area contributed by atoms with E-state index in [0.717, 1.165) is 101 Å². The van der Waals surface area contributed by atoms with Gasteiger partial charge < -0.3 is 4.90 Å². The van der Waals surface area contributed by atoms with Gasteiger partial charge in [-0.25, -0.2) is 8.78 Å². The first-order valence-electron chi connectivity index (χ1n) is 20.5. The highest BCUT2D eigenvalue weighted by Crippen LogP contribution is 2.66. The molecule has 0 saturated carbocycles. The normalized spacial score (nSPS) is 14.4. The van der Waals surface area contributed by atoms with Crippen LogP contribution in [-0.2, 0) is 5.41 Å². The van der Waals surface area contributed by atoms with Crippen LogP contribution >= 0.6 is 0 Å². The lowest BCUT2D eigenvalue weighted by Gasteiger charge is -2.34. The molecular weight excluding hydrogens is 737 g/mol. The molecule has 1 unspecified atom stereocenters. The van der Waals surface area contributed by atoms with Crippen molar-refractivity contribution >= 4 is 17.1 Å². The molecule has 0 aromatic heterocycles. The van der Waals surface area contributed by atoms with Gasteiger partial charge in [-0.2, -0.15) is 0 Å². The summed E-state index contributed by atoms with van der Waals surface area (Å²) in [5, 5.41) is 0. The second-order valence-corrected chi connectivity index (χ2v) is 16.0. The predicted octanol–water partition coefficient (Wildman–Crippen LogP) is 15.4. The molecule has 0 aliphatic heterocycles. The fourth-order valence-electron chi connectivity index (χ4n) is 10.2. The van der Waals surface area contributed by atoms with Crippen molar-refractivity contribution in [1.29, 1.82) is 0 Å². The van der Waals surface area contributed by atoms with Crippen LogP contribution in [0, 0.1) is 25.5 Å². The second-order valence-electron chi connectivity index (χ2n) is 16.0. The Morgan fingerprint density at radius 2 is 0.917 bits per heavy atom. The van der Waals surface area contributed by atoms with Gasteiger partial charge in [0, 0.05) is 28.6 Å². The van der Waals surface area contributed by atoms with E-state index in [9.17, 15) is 0 Å². The number of halogens is 2. The zero-order valence-electron chi connectivity index (χ0n) is 33.3. The van der Waals surface area contributed by atoms with Gasteiger partial charge in [-0.15, -0.1) is 0 Å². The minimum atomic E-state index is -0.973. The lowest BCUT2D eigenvalue weighted by atomic mass is 9.68. The fourth-order valence-corrected chi connectivity index (χ4v) is 10.2. The van der Waals surface area contributed by atoms with E-state index in [1.54, 1.807) is 6.07 Å².